The van der Waals surface area contributed by atoms with Crippen LogP contribution in [0.2, 0.25) is 0 Å². The Morgan fingerprint density at radius 2 is 2.05 bits per heavy atom. The summed E-state index contributed by atoms with van der Waals surface area (Å²) < 4.78 is 35.0. The van der Waals surface area contributed by atoms with Crippen molar-refractivity contribution in [2.24, 2.45) is 0 Å². The van der Waals surface area contributed by atoms with Crippen molar-refractivity contribution in [2.45, 2.75) is 6.92 Å². The largest absolute Gasteiger partial charge is 0.370 e. The predicted molar refractivity (Wildman–Crippen MR) is 76.9 cm³/mol. The van der Waals surface area contributed by atoms with E-state index >= 15 is 0 Å². The Hall–Kier alpha value is -1.14. The van der Waals surface area contributed by atoms with E-state index in [1.165, 1.54) is 18.4 Å². The number of anilines is 1. The number of benzene rings is 1. The molecule has 6 heteroatoms. The first-order chi connectivity index (χ1) is 8.92. The Morgan fingerprint density at radius 3 is 2.63 bits per heavy atom. The molecule has 0 saturated heterocycles. The Kier molecular flexibility index (Phi) is 6.24. The monoisotopic (exact) mass is 288 g/mol. The van der Waals surface area contributed by atoms with Gasteiger partial charge in [-0.3, -0.25) is 0 Å². The zero-order valence-electron chi connectivity index (χ0n) is 11.4. The van der Waals surface area contributed by atoms with Gasteiger partial charge in [-0.15, -0.1) is 0 Å². The van der Waals surface area contributed by atoms with Gasteiger partial charge in [0.25, 0.3) is 0 Å². The first kappa shape index (κ1) is 15.9. The van der Waals surface area contributed by atoms with Crippen molar-refractivity contribution in [2.75, 3.05) is 43.1 Å². The first-order valence-corrected chi connectivity index (χ1v) is 8.37. The Labute approximate surface area is 114 Å². The summed E-state index contributed by atoms with van der Waals surface area (Å²) in [5.74, 6) is -0.111. The molecular weight excluding hydrogens is 267 g/mol. The molecular formula is C13H21FN2O2S. The van der Waals surface area contributed by atoms with Crippen molar-refractivity contribution in [1.82, 2.24) is 5.32 Å². The molecule has 19 heavy (non-hydrogen) atoms. The molecule has 0 aliphatic heterocycles. The molecule has 1 aromatic carbocycles. The molecule has 1 aromatic rings. The molecule has 0 aromatic heterocycles. The summed E-state index contributed by atoms with van der Waals surface area (Å²) in [6.07, 6.45) is 1.22. The van der Waals surface area contributed by atoms with Crippen LogP contribution in [-0.2, 0) is 9.84 Å². The van der Waals surface area contributed by atoms with E-state index in [0.29, 0.717) is 19.6 Å². The highest BCUT2D eigenvalue weighted by Gasteiger charge is 2.05. The number of nitrogens with one attached hydrogen (secondary N) is 1. The third-order valence-corrected chi connectivity index (χ3v) is 3.71. The number of hydrogen-bond acceptors (Lipinski definition) is 4. The topological polar surface area (TPSA) is 49.4 Å². The summed E-state index contributed by atoms with van der Waals surface area (Å²) in [4.78, 5) is 2.04. The standard InChI is InChI=1S/C13H21FN2O2S/c1-3-16(13-6-4-5-12(14)11-13)9-7-15-8-10-19(2,17)18/h4-6,11,15H,3,7-10H2,1-2H3. The van der Waals surface area contributed by atoms with E-state index in [0.717, 1.165) is 12.2 Å². The van der Waals surface area contributed by atoms with Gasteiger partial charge in [0.15, 0.2) is 0 Å². The summed E-state index contributed by atoms with van der Waals surface area (Å²) in [6, 6.07) is 6.47. The van der Waals surface area contributed by atoms with Crippen LogP contribution in [0.5, 0.6) is 0 Å². The number of hydrogen-bond donors (Lipinski definition) is 1. The molecule has 0 radical (unpaired) electrons. The molecule has 1 N–H and O–H groups in total. The molecule has 0 spiro atoms. The highest BCUT2D eigenvalue weighted by Crippen LogP contribution is 2.14. The molecule has 1 rings (SSSR count). The van der Waals surface area contributed by atoms with E-state index in [1.807, 2.05) is 17.9 Å². The Morgan fingerprint density at radius 1 is 1.32 bits per heavy atom. The fourth-order valence-electron chi connectivity index (χ4n) is 1.74. The van der Waals surface area contributed by atoms with Gasteiger partial charge >= 0.3 is 0 Å². The summed E-state index contributed by atoms with van der Waals surface area (Å²) in [7, 11) is -2.91. The minimum Gasteiger partial charge on any atom is -0.370 e. The zero-order valence-corrected chi connectivity index (χ0v) is 12.2. The maximum absolute atomic E-state index is 13.1. The van der Waals surface area contributed by atoms with Crippen molar-refractivity contribution < 1.29 is 12.8 Å². The third kappa shape index (κ3) is 6.54. The van der Waals surface area contributed by atoms with Crippen LogP contribution in [0.1, 0.15) is 6.92 Å². The van der Waals surface area contributed by atoms with E-state index in [2.05, 4.69) is 5.32 Å². The lowest BCUT2D eigenvalue weighted by molar-refractivity contribution is 0.595. The highest BCUT2D eigenvalue weighted by atomic mass is 32.2. The quantitative estimate of drug-likeness (QED) is 0.732. The highest BCUT2D eigenvalue weighted by molar-refractivity contribution is 7.90. The minimum atomic E-state index is -2.91. The van der Waals surface area contributed by atoms with Crippen LogP contribution >= 0.6 is 0 Å². The number of sulfone groups is 1. The summed E-state index contributed by atoms with van der Waals surface area (Å²) >= 11 is 0. The van der Waals surface area contributed by atoms with Gasteiger partial charge in [-0.05, 0) is 25.1 Å². The van der Waals surface area contributed by atoms with Crippen molar-refractivity contribution in [3.63, 3.8) is 0 Å². The molecule has 0 atom stereocenters. The molecule has 0 fully saturated rings. The summed E-state index contributed by atoms with van der Waals surface area (Å²) in [5.41, 5.74) is 0.840. The Bertz CT molecular complexity index is 491. The second-order valence-corrected chi connectivity index (χ2v) is 6.70. The maximum Gasteiger partial charge on any atom is 0.148 e. The predicted octanol–water partition coefficient (Wildman–Crippen LogP) is 1.29. The van der Waals surface area contributed by atoms with E-state index in [4.69, 9.17) is 0 Å². The number of halogens is 1. The van der Waals surface area contributed by atoms with E-state index in [1.54, 1.807) is 6.07 Å². The molecule has 0 bridgehead atoms. The normalized spacial score (nSPS) is 11.5. The van der Waals surface area contributed by atoms with Crippen molar-refractivity contribution >= 4 is 15.5 Å². The zero-order chi connectivity index (χ0) is 14.3. The van der Waals surface area contributed by atoms with Gasteiger partial charge in [-0.25, -0.2) is 12.8 Å². The molecule has 0 heterocycles. The van der Waals surface area contributed by atoms with Crippen molar-refractivity contribution in [3.05, 3.63) is 30.1 Å². The lowest BCUT2D eigenvalue weighted by Gasteiger charge is -2.23. The molecule has 0 amide bonds. The average Bonchev–Trinajstić information content (AvgIpc) is 2.32. The SMILES string of the molecule is CCN(CCNCCS(C)(=O)=O)c1cccc(F)c1. The number of rotatable bonds is 8. The van der Waals surface area contributed by atoms with Gasteiger partial charge in [-0.1, -0.05) is 6.07 Å². The molecule has 108 valence electrons. The Balaban J connectivity index is 2.37. The van der Waals surface area contributed by atoms with E-state index in [-0.39, 0.29) is 11.6 Å². The molecule has 4 nitrogen and oxygen atoms in total. The van der Waals surface area contributed by atoms with Crippen LogP contribution in [0.4, 0.5) is 10.1 Å². The minimum absolute atomic E-state index is 0.138. The fourth-order valence-corrected chi connectivity index (χ4v) is 2.25. The molecule has 0 unspecified atom stereocenters. The van der Waals surface area contributed by atoms with Gasteiger partial charge in [0.05, 0.1) is 5.75 Å². The first-order valence-electron chi connectivity index (χ1n) is 6.31. The van der Waals surface area contributed by atoms with Gasteiger partial charge in [0.2, 0.25) is 0 Å². The summed E-state index contributed by atoms with van der Waals surface area (Å²) in [5, 5.41) is 3.08. The van der Waals surface area contributed by atoms with Crippen molar-refractivity contribution in [1.29, 1.82) is 0 Å². The molecule has 0 saturated carbocycles. The van der Waals surface area contributed by atoms with E-state index in [9.17, 15) is 12.8 Å². The molecule has 0 aliphatic carbocycles. The number of nitrogens with zero attached hydrogens (tertiary/aromatic N) is 1. The molecule has 0 aliphatic rings. The van der Waals surface area contributed by atoms with Crippen LogP contribution in [-0.4, -0.2) is 46.6 Å². The van der Waals surface area contributed by atoms with Gasteiger partial charge in [0.1, 0.15) is 15.7 Å². The van der Waals surface area contributed by atoms with Crippen LogP contribution in [0.25, 0.3) is 0 Å². The van der Waals surface area contributed by atoms with Crippen LogP contribution < -0.4 is 10.2 Å². The van der Waals surface area contributed by atoms with Crippen LogP contribution in [0.3, 0.4) is 0 Å². The fraction of sp³-hybridized carbons (Fsp3) is 0.538. The summed E-state index contributed by atoms with van der Waals surface area (Å²) in [6.45, 7) is 4.60. The van der Waals surface area contributed by atoms with Crippen molar-refractivity contribution in [3.8, 4) is 0 Å². The lowest BCUT2D eigenvalue weighted by atomic mass is 10.2. The van der Waals surface area contributed by atoms with Gasteiger partial charge in [0, 0.05) is 38.1 Å². The van der Waals surface area contributed by atoms with E-state index < -0.39 is 9.84 Å². The van der Waals surface area contributed by atoms with Crippen LogP contribution in [0, 0.1) is 5.82 Å². The number of likely N-dealkylation sites (N-methyl/N-ethyl adjacent to an activating group) is 1. The lowest BCUT2D eigenvalue weighted by Crippen LogP contribution is -2.33. The third-order valence-electron chi connectivity index (χ3n) is 2.76. The smallest absolute Gasteiger partial charge is 0.148 e. The maximum atomic E-state index is 13.1. The van der Waals surface area contributed by atoms with Crippen LogP contribution in [0.15, 0.2) is 24.3 Å². The second kappa shape index (κ2) is 7.45. The van der Waals surface area contributed by atoms with Gasteiger partial charge in [-0.2, -0.15) is 0 Å². The average molecular weight is 288 g/mol. The van der Waals surface area contributed by atoms with Gasteiger partial charge < -0.3 is 10.2 Å². The second-order valence-electron chi connectivity index (χ2n) is 4.44.